The number of thioether (sulfide) groups is 1. The Morgan fingerprint density at radius 3 is 2.44 bits per heavy atom. The minimum atomic E-state index is -3.17. The number of carbonyl (C=O) groups is 1. The number of hydrogen-bond acceptors (Lipinski definition) is 8. The SMILES string of the molecule is CCOP(=O)(CC1=N[C@@H]2[C@@H](C)[C@H](C)[C@@H](COC(C)=O)O[C@@H]2S1)OCC. The van der Waals surface area contributed by atoms with Gasteiger partial charge in [-0.25, -0.2) is 0 Å². The lowest BCUT2D eigenvalue weighted by Gasteiger charge is -2.40. The van der Waals surface area contributed by atoms with Crippen molar-refractivity contribution in [3.8, 4) is 0 Å². The van der Waals surface area contributed by atoms with Gasteiger partial charge in [0.1, 0.15) is 12.0 Å². The summed E-state index contributed by atoms with van der Waals surface area (Å²) in [5.74, 6) is 0.161. The van der Waals surface area contributed by atoms with Crippen molar-refractivity contribution in [1.29, 1.82) is 0 Å². The van der Waals surface area contributed by atoms with E-state index in [1.807, 2.05) is 0 Å². The number of ether oxygens (including phenoxy) is 2. The molecule has 144 valence electrons. The second kappa shape index (κ2) is 9.00. The second-order valence-corrected chi connectivity index (χ2v) is 9.53. The second-order valence-electron chi connectivity index (χ2n) is 6.30. The van der Waals surface area contributed by atoms with Crippen LogP contribution in [0.3, 0.4) is 0 Å². The number of carbonyl (C=O) groups excluding carboxylic acids is 1. The van der Waals surface area contributed by atoms with Gasteiger partial charge in [-0.2, -0.15) is 0 Å². The molecule has 1 fully saturated rings. The molecule has 0 spiro atoms. The van der Waals surface area contributed by atoms with Crippen LogP contribution in [0.1, 0.15) is 34.6 Å². The van der Waals surface area contributed by atoms with Gasteiger partial charge in [0.25, 0.3) is 0 Å². The molecule has 2 aliphatic heterocycles. The molecule has 0 aliphatic carbocycles. The van der Waals surface area contributed by atoms with Crippen LogP contribution in [0.4, 0.5) is 0 Å². The monoisotopic (exact) mass is 393 g/mol. The molecule has 0 unspecified atom stereocenters. The molecule has 2 rings (SSSR count). The number of esters is 1. The molecule has 5 atom stereocenters. The molecule has 9 heteroatoms. The van der Waals surface area contributed by atoms with Crippen LogP contribution in [-0.4, -0.2) is 54.6 Å². The summed E-state index contributed by atoms with van der Waals surface area (Å²) in [6.07, 6.45) is 0.0126. The maximum atomic E-state index is 12.7. The minimum Gasteiger partial charge on any atom is -0.463 e. The van der Waals surface area contributed by atoms with Crippen molar-refractivity contribution in [2.45, 2.75) is 52.2 Å². The average Bonchev–Trinajstić information content (AvgIpc) is 2.92. The van der Waals surface area contributed by atoms with Crippen molar-refractivity contribution >= 4 is 30.4 Å². The summed E-state index contributed by atoms with van der Waals surface area (Å²) in [5.41, 5.74) is -0.154. The Morgan fingerprint density at radius 2 is 1.88 bits per heavy atom. The van der Waals surface area contributed by atoms with E-state index in [1.54, 1.807) is 13.8 Å². The predicted molar refractivity (Wildman–Crippen MR) is 98.2 cm³/mol. The largest absolute Gasteiger partial charge is 0.463 e. The van der Waals surface area contributed by atoms with Gasteiger partial charge in [0.05, 0.1) is 36.6 Å². The average molecular weight is 393 g/mol. The molecular formula is C16H28NO6PS. The fourth-order valence-corrected chi connectivity index (χ4v) is 6.36. The summed E-state index contributed by atoms with van der Waals surface area (Å²) in [4.78, 5) is 15.8. The number of rotatable bonds is 8. The molecular weight excluding hydrogens is 365 g/mol. The van der Waals surface area contributed by atoms with E-state index >= 15 is 0 Å². The van der Waals surface area contributed by atoms with Crippen molar-refractivity contribution < 1.29 is 27.9 Å². The Bertz CT molecular complexity index is 547. The highest BCUT2D eigenvalue weighted by Crippen LogP contribution is 2.51. The zero-order valence-corrected chi connectivity index (χ0v) is 17.2. The summed E-state index contributed by atoms with van der Waals surface area (Å²) in [7, 11) is -3.17. The zero-order valence-electron chi connectivity index (χ0n) is 15.5. The third-order valence-electron chi connectivity index (χ3n) is 4.52. The van der Waals surface area contributed by atoms with Crippen LogP contribution in [0.25, 0.3) is 0 Å². The summed E-state index contributed by atoms with van der Waals surface area (Å²) in [6.45, 7) is 10.1. The summed E-state index contributed by atoms with van der Waals surface area (Å²) in [6, 6.07) is 0.000260. The van der Waals surface area contributed by atoms with Gasteiger partial charge in [-0.05, 0) is 25.7 Å². The molecule has 7 nitrogen and oxygen atoms in total. The van der Waals surface area contributed by atoms with Crippen molar-refractivity contribution in [3.63, 3.8) is 0 Å². The van der Waals surface area contributed by atoms with E-state index in [4.69, 9.17) is 23.5 Å². The van der Waals surface area contributed by atoms with E-state index in [0.717, 1.165) is 5.04 Å². The lowest BCUT2D eigenvalue weighted by molar-refractivity contribution is -0.152. The molecule has 25 heavy (non-hydrogen) atoms. The fourth-order valence-electron chi connectivity index (χ4n) is 3.04. The Morgan fingerprint density at radius 1 is 1.24 bits per heavy atom. The zero-order chi connectivity index (χ0) is 18.6. The van der Waals surface area contributed by atoms with Crippen LogP contribution in [0.15, 0.2) is 4.99 Å². The van der Waals surface area contributed by atoms with Gasteiger partial charge >= 0.3 is 13.6 Å². The summed E-state index contributed by atoms with van der Waals surface area (Å²) in [5, 5.41) is 0.743. The standard InChI is InChI=1S/C16H28NO6PS/c1-6-21-24(19,22-7-2)9-14-17-15-11(4)10(3)13(8-20-12(5)18)23-16(15)25-14/h10-11,13,15-16H,6-9H2,1-5H3/t10-,11-,13+,15+,16+/m0/s1. The van der Waals surface area contributed by atoms with Crippen LogP contribution in [0.5, 0.6) is 0 Å². The molecule has 0 amide bonds. The third kappa shape index (κ3) is 5.30. The maximum absolute atomic E-state index is 12.7. The lowest BCUT2D eigenvalue weighted by atomic mass is 9.83. The van der Waals surface area contributed by atoms with E-state index in [0.29, 0.717) is 13.2 Å². The fraction of sp³-hybridized carbons (Fsp3) is 0.875. The van der Waals surface area contributed by atoms with Gasteiger partial charge in [-0.1, -0.05) is 25.6 Å². The molecule has 1 saturated heterocycles. The van der Waals surface area contributed by atoms with E-state index in [2.05, 4.69) is 13.8 Å². The summed E-state index contributed by atoms with van der Waals surface area (Å²) < 4.78 is 34.7. The molecule has 0 N–H and O–H groups in total. The van der Waals surface area contributed by atoms with Gasteiger partial charge in [0, 0.05) is 6.92 Å². The Labute approximate surface area is 153 Å². The molecule has 0 bridgehead atoms. The minimum absolute atomic E-state index is 0.000260. The smallest absolute Gasteiger partial charge is 0.337 e. The highest BCUT2D eigenvalue weighted by molar-refractivity contribution is 8.15. The predicted octanol–water partition coefficient (Wildman–Crippen LogP) is 3.33. The van der Waals surface area contributed by atoms with Gasteiger partial charge < -0.3 is 18.5 Å². The van der Waals surface area contributed by atoms with E-state index in [9.17, 15) is 9.36 Å². The first-order valence-corrected chi connectivity index (χ1v) is 11.3. The van der Waals surface area contributed by atoms with Crippen LogP contribution < -0.4 is 0 Å². The van der Waals surface area contributed by atoms with Crippen LogP contribution in [0.2, 0.25) is 0 Å². The number of fused-ring (bicyclic) bond motifs is 1. The topological polar surface area (TPSA) is 83.4 Å². The van der Waals surface area contributed by atoms with Crippen LogP contribution in [-0.2, 0) is 27.9 Å². The van der Waals surface area contributed by atoms with Gasteiger partial charge in [0.2, 0.25) is 0 Å². The molecule has 2 aliphatic rings. The van der Waals surface area contributed by atoms with Crippen molar-refractivity contribution in [1.82, 2.24) is 0 Å². The first-order chi connectivity index (χ1) is 11.8. The lowest BCUT2D eigenvalue weighted by Crippen LogP contribution is -2.47. The Balaban J connectivity index is 2.04. The molecule has 0 saturated carbocycles. The van der Waals surface area contributed by atoms with Crippen molar-refractivity contribution in [3.05, 3.63) is 0 Å². The third-order valence-corrected chi connectivity index (χ3v) is 7.87. The number of nitrogens with zero attached hydrogens (tertiary/aromatic N) is 1. The van der Waals surface area contributed by atoms with Crippen molar-refractivity contribution in [2.24, 2.45) is 16.8 Å². The molecule has 0 aromatic carbocycles. The first-order valence-electron chi connectivity index (χ1n) is 8.70. The van der Waals surface area contributed by atoms with Gasteiger partial charge in [-0.3, -0.25) is 14.4 Å². The number of hydrogen-bond donors (Lipinski definition) is 0. The Hall–Kier alpha value is -0.400. The van der Waals surface area contributed by atoms with Gasteiger partial charge in [-0.15, -0.1) is 0 Å². The quantitative estimate of drug-likeness (QED) is 0.462. The highest BCUT2D eigenvalue weighted by Gasteiger charge is 2.46. The van der Waals surface area contributed by atoms with E-state index in [-0.39, 0.29) is 48.2 Å². The normalized spacial score (nSPS) is 32.2. The Kier molecular flexibility index (Phi) is 7.52. The highest BCUT2D eigenvalue weighted by atomic mass is 32.2. The number of aliphatic imine (C=N–C) groups is 1. The molecule has 0 radical (unpaired) electrons. The molecule has 2 heterocycles. The van der Waals surface area contributed by atoms with Crippen molar-refractivity contribution in [2.75, 3.05) is 26.0 Å². The first kappa shape index (κ1) is 20.9. The molecule has 0 aromatic heterocycles. The van der Waals surface area contributed by atoms with E-state index in [1.165, 1.54) is 18.7 Å². The summed E-state index contributed by atoms with van der Waals surface area (Å²) >= 11 is 1.47. The van der Waals surface area contributed by atoms with E-state index < -0.39 is 7.60 Å². The molecule has 0 aromatic rings. The van der Waals surface area contributed by atoms with Gasteiger partial charge in [0.15, 0.2) is 0 Å². The maximum Gasteiger partial charge on any atom is 0.337 e. The van der Waals surface area contributed by atoms with Crippen LogP contribution >= 0.6 is 19.4 Å². The van der Waals surface area contributed by atoms with Crippen LogP contribution in [0, 0.1) is 11.8 Å².